The van der Waals surface area contributed by atoms with Gasteiger partial charge in [0.25, 0.3) is 0 Å². The van der Waals surface area contributed by atoms with E-state index in [0.29, 0.717) is 19.0 Å². The molecule has 1 atom stereocenters. The average Bonchev–Trinajstić information content (AvgIpc) is 3.13. The molecule has 7 heteroatoms. The van der Waals surface area contributed by atoms with Crippen LogP contribution in [0.15, 0.2) is 35.6 Å². The van der Waals surface area contributed by atoms with Crippen molar-refractivity contribution in [2.45, 2.75) is 44.2 Å². The molecule has 0 aliphatic heterocycles. The lowest BCUT2D eigenvalue weighted by Gasteiger charge is -2.13. The summed E-state index contributed by atoms with van der Waals surface area (Å²) in [5, 5.41) is 0.859. The summed E-state index contributed by atoms with van der Waals surface area (Å²) in [6.45, 7) is 7.34. The highest BCUT2D eigenvalue weighted by atomic mass is 32.2. The molecule has 3 rings (SSSR count). The van der Waals surface area contributed by atoms with Crippen molar-refractivity contribution >= 4 is 22.8 Å². The van der Waals surface area contributed by atoms with E-state index < -0.39 is 0 Å². The van der Waals surface area contributed by atoms with Crippen LogP contribution in [0.5, 0.6) is 11.5 Å². The Morgan fingerprint density at radius 3 is 2.86 bits per heavy atom. The van der Waals surface area contributed by atoms with Gasteiger partial charge in [-0.25, -0.2) is 4.98 Å². The molecule has 2 heterocycles. The summed E-state index contributed by atoms with van der Waals surface area (Å²) < 4.78 is 16.8. The second kappa shape index (κ2) is 9.80. The number of fused-ring (bicyclic) bond motifs is 1. The van der Waals surface area contributed by atoms with Gasteiger partial charge in [0, 0.05) is 23.6 Å². The van der Waals surface area contributed by atoms with E-state index in [9.17, 15) is 0 Å². The fraction of sp³-hybridized carbons (Fsp3) is 0.429. The Balaban J connectivity index is 1.60. The number of rotatable bonds is 10. The maximum atomic E-state index is 5.89. The molecule has 0 amide bonds. The molecule has 0 spiro atoms. The number of pyridine rings is 1. The normalized spacial score (nSPS) is 12.3. The van der Waals surface area contributed by atoms with Crippen molar-refractivity contribution in [3.63, 3.8) is 0 Å². The quantitative estimate of drug-likeness (QED) is 0.390. The topological polar surface area (TPSA) is 69.3 Å². The molecular formula is C21H27N3O3S. The second-order valence-corrected chi connectivity index (χ2v) is 7.50. The standard InChI is InChI=1S/C21H27N3O3S/c1-5-14(2)26-10-11-27-20-8-9-22-19(15(20)3)13-28-21-23-17-7-6-16(25-4)12-18(17)24-21/h6-9,12,14H,5,10-11,13H2,1-4H3,(H,23,24). The van der Waals surface area contributed by atoms with Crippen LogP contribution in [-0.4, -0.2) is 41.4 Å². The van der Waals surface area contributed by atoms with Gasteiger partial charge in [0.05, 0.1) is 36.5 Å². The van der Waals surface area contributed by atoms with Gasteiger partial charge in [-0.1, -0.05) is 18.7 Å². The van der Waals surface area contributed by atoms with E-state index in [2.05, 4.69) is 28.8 Å². The predicted molar refractivity (Wildman–Crippen MR) is 112 cm³/mol. The van der Waals surface area contributed by atoms with E-state index in [0.717, 1.165) is 45.4 Å². The molecule has 28 heavy (non-hydrogen) atoms. The minimum Gasteiger partial charge on any atom is -0.497 e. The third-order valence-corrected chi connectivity index (χ3v) is 5.47. The van der Waals surface area contributed by atoms with Crippen molar-refractivity contribution in [3.05, 3.63) is 41.7 Å². The average molecular weight is 402 g/mol. The maximum Gasteiger partial charge on any atom is 0.166 e. The number of aromatic nitrogens is 3. The molecule has 0 saturated carbocycles. The third-order valence-electron chi connectivity index (χ3n) is 4.59. The van der Waals surface area contributed by atoms with E-state index in [1.54, 1.807) is 25.1 Å². The number of methoxy groups -OCH3 is 1. The van der Waals surface area contributed by atoms with Crippen LogP contribution >= 0.6 is 11.8 Å². The molecule has 0 aliphatic carbocycles. The molecule has 1 N–H and O–H groups in total. The summed E-state index contributed by atoms with van der Waals surface area (Å²) in [4.78, 5) is 12.5. The molecule has 0 fully saturated rings. The van der Waals surface area contributed by atoms with Crippen LogP contribution in [0, 0.1) is 6.92 Å². The van der Waals surface area contributed by atoms with Gasteiger partial charge in [0.2, 0.25) is 0 Å². The van der Waals surface area contributed by atoms with E-state index in [1.165, 1.54) is 0 Å². The fourth-order valence-corrected chi connectivity index (χ4v) is 3.59. The monoisotopic (exact) mass is 401 g/mol. The zero-order valence-electron chi connectivity index (χ0n) is 16.8. The van der Waals surface area contributed by atoms with Gasteiger partial charge in [-0.2, -0.15) is 0 Å². The van der Waals surface area contributed by atoms with Crippen molar-refractivity contribution in [2.75, 3.05) is 20.3 Å². The Labute approximate surface area is 170 Å². The number of ether oxygens (including phenoxy) is 3. The van der Waals surface area contributed by atoms with Gasteiger partial charge in [0.15, 0.2) is 5.16 Å². The van der Waals surface area contributed by atoms with Crippen molar-refractivity contribution in [1.82, 2.24) is 15.0 Å². The lowest BCUT2D eigenvalue weighted by atomic mass is 10.2. The zero-order chi connectivity index (χ0) is 19.9. The number of thioether (sulfide) groups is 1. The maximum absolute atomic E-state index is 5.89. The Bertz CT molecular complexity index is 913. The Hall–Kier alpha value is -2.25. The molecule has 0 aliphatic rings. The van der Waals surface area contributed by atoms with E-state index in [1.807, 2.05) is 31.2 Å². The summed E-state index contributed by atoms with van der Waals surface area (Å²) >= 11 is 1.62. The van der Waals surface area contributed by atoms with Crippen molar-refractivity contribution in [1.29, 1.82) is 0 Å². The minimum absolute atomic E-state index is 0.262. The summed E-state index contributed by atoms with van der Waals surface area (Å²) in [6.07, 6.45) is 3.06. The molecule has 150 valence electrons. The lowest BCUT2D eigenvalue weighted by Crippen LogP contribution is -2.13. The molecule has 1 unspecified atom stereocenters. The van der Waals surface area contributed by atoms with Gasteiger partial charge < -0.3 is 19.2 Å². The zero-order valence-corrected chi connectivity index (χ0v) is 17.6. The fourth-order valence-electron chi connectivity index (χ4n) is 2.68. The van der Waals surface area contributed by atoms with Crippen molar-refractivity contribution in [2.24, 2.45) is 0 Å². The van der Waals surface area contributed by atoms with Crippen LogP contribution < -0.4 is 9.47 Å². The number of nitrogens with one attached hydrogen (secondary N) is 1. The van der Waals surface area contributed by atoms with Crippen molar-refractivity contribution in [3.8, 4) is 11.5 Å². The summed E-state index contributed by atoms with van der Waals surface area (Å²) in [5.41, 5.74) is 3.93. The van der Waals surface area contributed by atoms with Crippen LogP contribution in [0.3, 0.4) is 0 Å². The number of hydrogen-bond donors (Lipinski definition) is 1. The number of imidazole rings is 1. The van der Waals surface area contributed by atoms with Crippen molar-refractivity contribution < 1.29 is 14.2 Å². The number of benzene rings is 1. The summed E-state index contributed by atoms with van der Waals surface area (Å²) in [6, 6.07) is 7.72. The highest BCUT2D eigenvalue weighted by Gasteiger charge is 2.10. The first kappa shape index (κ1) is 20.5. The van der Waals surface area contributed by atoms with Crippen LogP contribution in [0.4, 0.5) is 0 Å². The van der Waals surface area contributed by atoms with Gasteiger partial charge in [-0.3, -0.25) is 4.98 Å². The van der Waals surface area contributed by atoms with Crippen LogP contribution in [0.2, 0.25) is 0 Å². The summed E-state index contributed by atoms with van der Waals surface area (Å²) in [5.74, 6) is 2.38. The Kier molecular flexibility index (Phi) is 7.17. The number of H-pyrrole nitrogens is 1. The molecule has 3 aromatic rings. The molecule has 1 aromatic carbocycles. The highest BCUT2D eigenvalue weighted by molar-refractivity contribution is 7.98. The second-order valence-electron chi connectivity index (χ2n) is 6.53. The van der Waals surface area contributed by atoms with E-state index >= 15 is 0 Å². The van der Waals surface area contributed by atoms with Crippen LogP contribution in [-0.2, 0) is 10.5 Å². The predicted octanol–water partition coefficient (Wildman–Crippen LogP) is 4.76. The van der Waals surface area contributed by atoms with E-state index in [-0.39, 0.29) is 6.10 Å². The largest absolute Gasteiger partial charge is 0.497 e. The highest BCUT2D eigenvalue weighted by Crippen LogP contribution is 2.28. The van der Waals surface area contributed by atoms with Gasteiger partial charge >= 0.3 is 0 Å². The smallest absolute Gasteiger partial charge is 0.166 e. The van der Waals surface area contributed by atoms with Gasteiger partial charge in [0.1, 0.15) is 18.1 Å². The minimum atomic E-state index is 0.262. The van der Waals surface area contributed by atoms with Crippen LogP contribution in [0.1, 0.15) is 31.5 Å². The van der Waals surface area contributed by atoms with Gasteiger partial charge in [-0.05, 0) is 38.5 Å². The first-order valence-electron chi connectivity index (χ1n) is 9.46. The SMILES string of the molecule is CCC(C)OCCOc1ccnc(CSc2nc3ccc(OC)cc3[nH]2)c1C. The summed E-state index contributed by atoms with van der Waals surface area (Å²) in [7, 11) is 1.66. The molecular weight excluding hydrogens is 374 g/mol. The van der Waals surface area contributed by atoms with E-state index in [4.69, 9.17) is 14.2 Å². The Morgan fingerprint density at radius 1 is 1.21 bits per heavy atom. The molecule has 0 bridgehead atoms. The molecule has 0 radical (unpaired) electrons. The van der Waals surface area contributed by atoms with Gasteiger partial charge in [-0.15, -0.1) is 0 Å². The molecule has 6 nitrogen and oxygen atoms in total. The molecule has 2 aromatic heterocycles. The van der Waals surface area contributed by atoms with Crippen LogP contribution in [0.25, 0.3) is 11.0 Å². The number of aromatic amines is 1. The third kappa shape index (κ3) is 5.17. The first-order chi connectivity index (χ1) is 13.6. The number of nitrogens with zero attached hydrogens (tertiary/aromatic N) is 2. The lowest BCUT2D eigenvalue weighted by molar-refractivity contribution is 0.0425. The first-order valence-corrected chi connectivity index (χ1v) is 10.4. The number of hydrogen-bond acceptors (Lipinski definition) is 6. The Morgan fingerprint density at radius 2 is 2.07 bits per heavy atom. The molecule has 0 saturated heterocycles.